The number of carbonyl (C=O) groups excluding carboxylic acids is 2. The molecule has 1 saturated carbocycles. The van der Waals surface area contributed by atoms with Gasteiger partial charge in [-0.3, -0.25) is 9.59 Å². The van der Waals surface area contributed by atoms with Crippen LogP contribution in [0.4, 0.5) is 0 Å². The predicted molar refractivity (Wildman–Crippen MR) is 262 cm³/mol. The maximum absolute atomic E-state index is 13.3. The van der Waals surface area contributed by atoms with E-state index in [1.54, 1.807) is 0 Å². The second-order valence-corrected chi connectivity index (χ2v) is 18.6. The second kappa shape index (κ2) is 24.6. The Kier molecular flexibility index (Phi) is 18.1. The third kappa shape index (κ3) is 13.7. The summed E-state index contributed by atoms with van der Waals surface area (Å²) in [5, 5.41) is 6.26. The first kappa shape index (κ1) is 48.8. The van der Waals surface area contributed by atoms with Crippen LogP contribution in [0.1, 0.15) is 109 Å². The molecule has 7 rings (SSSR count). The molecule has 0 unspecified atom stereocenters. The number of likely N-dealkylation sites (N-methyl/N-ethyl adjacent to an activating group) is 1. The molecule has 2 aliphatic rings. The number of hydrogen-bond acceptors (Lipinski definition) is 7. The van der Waals surface area contributed by atoms with E-state index in [0.29, 0.717) is 52.0 Å². The van der Waals surface area contributed by atoms with Gasteiger partial charge in [-0.05, 0) is 104 Å². The fraction of sp³-hybridized carbons (Fsp3) is 0.439. The lowest BCUT2D eigenvalue weighted by molar-refractivity contribution is -0.267. The highest BCUT2D eigenvalue weighted by Gasteiger charge is 2.48. The van der Waals surface area contributed by atoms with Gasteiger partial charge in [0.15, 0.2) is 0 Å². The molecule has 0 radical (unpaired) electrons. The van der Waals surface area contributed by atoms with Gasteiger partial charge < -0.3 is 34.5 Å². The molecule has 0 bridgehead atoms. The van der Waals surface area contributed by atoms with Crippen molar-refractivity contribution in [3.05, 3.63) is 178 Å². The van der Waals surface area contributed by atoms with Gasteiger partial charge in [0.05, 0.1) is 25.9 Å². The molecule has 1 heterocycles. The summed E-state index contributed by atoms with van der Waals surface area (Å²) in [7, 11) is 3.98. The third-order valence-corrected chi connectivity index (χ3v) is 13.2. The summed E-state index contributed by atoms with van der Waals surface area (Å²) in [6.45, 7) is 6.92. The fourth-order valence-corrected chi connectivity index (χ4v) is 9.40. The van der Waals surface area contributed by atoms with E-state index in [9.17, 15) is 9.59 Å². The van der Waals surface area contributed by atoms with Gasteiger partial charge in [-0.2, -0.15) is 0 Å². The van der Waals surface area contributed by atoms with Crippen LogP contribution < -0.4 is 10.6 Å². The molecule has 1 aliphatic heterocycles. The first-order valence-electron chi connectivity index (χ1n) is 24.2. The highest BCUT2D eigenvalue weighted by molar-refractivity contribution is 5.91. The number of carbonyl (C=O) groups is 2. The molecule has 9 heteroatoms. The lowest BCUT2D eigenvalue weighted by Gasteiger charge is -2.46. The quantitative estimate of drug-likeness (QED) is 0.0714. The first-order chi connectivity index (χ1) is 32.2. The maximum atomic E-state index is 13.3. The molecule has 0 aromatic heterocycles. The van der Waals surface area contributed by atoms with E-state index in [2.05, 4.69) is 103 Å². The van der Waals surface area contributed by atoms with Crippen molar-refractivity contribution in [2.45, 2.75) is 134 Å². The summed E-state index contributed by atoms with van der Waals surface area (Å²) in [5.74, 6) is -0.0907. The highest BCUT2D eigenvalue weighted by Crippen LogP contribution is 2.40. The Hall–Kier alpha value is -5.16. The van der Waals surface area contributed by atoms with Crippen molar-refractivity contribution in [3.8, 4) is 0 Å². The van der Waals surface area contributed by atoms with E-state index in [0.717, 1.165) is 67.3 Å². The number of nitrogens with zero attached hydrogens (tertiary/aromatic N) is 1. The van der Waals surface area contributed by atoms with E-state index in [4.69, 9.17) is 18.9 Å². The molecule has 0 spiro atoms. The van der Waals surface area contributed by atoms with Crippen molar-refractivity contribution < 1.29 is 28.5 Å². The van der Waals surface area contributed by atoms with Crippen molar-refractivity contribution in [2.24, 2.45) is 0 Å². The molecule has 1 saturated heterocycles. The monoisotopic (exact) mass is 894 g/mol. The van der Waals surface area contributed by atoms with Crippen LogP contribution in [0.25, 0.3) is 0 Å². The number of ether oxygens (including phenoxy) is 4. The van der Waals surface area contributed by atoms with E-state index in [-0.39, 0.29) is 24.0 Å². The molecule has 5 aromatic rings. The number of hydrogen-bond donors (Lipinski definition) is 2. The molecular weight excluding hydrogens is 823 g/mol. The van der Waals surface area contributed by atoms with Crippen molar-refractivity contribution in [3.63, 3.8) is 0 Å². The van der Waals surface area contributed by atoms with Crippen LogP contribution in [0, 0.1) is 6.92 Å². The molecule has 350 valence electrons. The Morgan fingerprint density at radius 3 is 1.82 bits per heavy atom. The van der Waals surface area contributed by atoms with Crippen molar-refractivity contribution in [1.82, 2.24) is 15.5 Å². The lowest BCUT2D eigenvalue weighted by atomic mass is 9.80. The largest absolute Gasteiger partial charge is 0.368 e. The number of benzene rings is 5. The SMILES string of the molecule is CC[C@H]1O[C@@H](c2ccc(C)c(Cc3ccc(CCCC(=O)NC4(C(=O)NCCN(C)C)CCCCC4)cc3)c2)[C@H](OCc2ccccc2)[C@@H](OCc2ccccc2)[C@@H]1OCc1ccccc1. The average Bonchev–Trinajstić information content (AvgIpc) is 3.34. The Bertz CT molecular complexity index is 2230. The highest BCUT2D eigenvalue weighted by atomic mass is 16.6. The van der Waals surface area contributed by atoms with Gasteiger partial charge >= 0.3 is 0 Å². The molecule has 66 heavy (non-hydrogen) atoms. The van der Waals surface area contributed by atoms with Crippen LogP contribution >= 0.6 is 0 Å². The predicted octanol–water partition coefficient (Wildman–Crippen LogP) is 10.0. The van der Waals surface area contributed by atoms with Crippen LogP contribution in [0.2, 0.25) is 0 Å². The fourth-order valence-electron chi connectivity index (χ4n) is 9.40. The average molecular weight is 894 g/mol. The number of nitrogens with one attached hydrogen (secondary N) is 2. The number of rotatable bonds is 22. The van der Waals surface area contributed by atoms with Crippen LogP contribution in [-0.4, -0.2) is 73.9 Å². The van der Waals surface area contributed by atoms with Gasteiger partial charge in [0.1, 0.15) is 30.0 Å². The molecular formula is C57H71N3O6. The van der Waals surface area contributed by atoms with Crippen LogP contribution in [-0.2, 0) is 61.2 Å². The normalized spacial score (nSPS) is 20.5. The lowest BCUT2D eigenvalue weighted by Crippen LogP contribution is -2.60. The Labute approximate surface area is 393 Å². The van der Waals surface area contributed by atoms with Crippen LogP contribution in [0.3, 0.4) is 0 Å². The van der Waals surface area contributed by atoms with E-state index < -0.39 is 23.9 Å². The summed E-state index contributed by atoms with van der Waals surface area (Å²) < 4.78 is 27.8. The van der Waals surface area contributed by atoms with Gasteiger partial charge in [0.2, 0.25) is 11.8 Å². The number of amides is 2. The summed E-state index contributed by atoms with van der Waals surface area (Å²) in [4.78, 5) is 28.6. The van der Waals surface area contributed by atoms with Crippen LogP contribution in [0.15, 0.2) is 133 Å². The Morgan fingerprint density at radius 1 is 0.682 bits per heavy atom. The molecule has 5 aromatic carbocycles. The van der Waals surface area contributed by atoms with Crippen molar-refractivity contribution >= 4 is 11.8 Å². The summed E-state index contributed by atoms with van der Waals surface area (Å²) in [6.07, 6.45) is 5.89. The van der Waals surface area contributed by atoms with E-state index in [1.165, 1.54) is 22.3 Å². The minimum Gasteiger partial charge on any atom is -0.368 e. The zero-order valence-electron chi connectivity index (χ0n) is 39.6. The minimum atomic E-state index is -0.799. The minimum absolute atomic E-state index is 0.0452. The zero-order chi connectivity index (χ0) is 46.1. The Balaban J connectivity index is 1.04. The van der Waals surface area contributed by atoms with Gasteiger partial charge in [0.25, 0.3) is 0 Å². The van der Waals surface area contributed by atoms with Crippen LogP contribution in [0.5, 0.6) is 0 Å². The van der Waals surface area contributed by atoms with Crippen molar-refractivity contribution in [2.75, 3.05) is 27.2 Å². The van der Waals surface area contributed by atoms with Gasteiger partial charge in [-0.25, -0.2) is 0 Å². The molecule has 2 amide bonds. The van der Waals surface area contributed by atoms with Gasteiger partial charge in [-0.1, -0.05) is 160 Å². The smallest absolute Gasteiger partial charge is 0.245 e. The molecule has 1 aliphatic carbocycles. The molecule has 5 atom stereocenters. The first-order valence-corrected chi connectivity index (χ1v) is 24.2. The third-order valence-electron chi connectivity index (χ3n) is 13.2. The second-order valence-electron chi connectivity index (χ2n) is 18.6. The summed E-state index contributed by atoms with van der Waals surface area (Å²) >= 11 is 0. The molecule has 2 fully saturated rings. The van der Waals surface area contributed by atoms with E-state index in [1.807, 2.05) is 73.6 Å². The van der Waals surface area contributed by atoms with Gasteiger partial charge in [-0.15, -0.1) is 0 Å². The standard InChI is InChI=1S/C57H71N3O6/c1-5-50-53(63-39-45-19-10-6-11-20-45)55(65-41-47-23-14-8-15-24-47)54(64-40-46-21-12-7-13-22-46)52(66-50)48-32-27-42(2)49(38-48)37-44-30-28-43(29-31-44)25-18-26-51(61)59-57(33-16-9-17-34-57)56(62)58-35-36-60(3)4/h6-8,10-15,19-24,27-32,38,50,52-55H,5,9,16-18,25-26,33-37,39-41H2,1-4H3,(H,58,62)(H,59,61)/t50-,52+,53-,54+,55+/m1/s1. The molecule has 2 N–H and O–H groups in total. The van der Waals surface area contributed by atoms with Crippen molar-refractivity contribution in [1.29, 1.82) is 0 Å². The van der Waals surface area contributed by atoms with E-state index >= 15 is 0 Å². The van der Waals surface area contributed by atoms with Gasteiger partial charge in [0, 0.05) is 19.5 Å². The number of aryl methyl sites for hydroxylation is 2. The summed E-state index contributed by atoms with van der Waals surface area (Å²) in [6, 6.07) is 46.3. The zero-order valence-corrected chi connectivity index (χ0v) is 39.6. The topological polar surface area (TPSA) is 98.4 Å². The molecule has 9 nitrogen and oxygen atoms in total. The Morgan fingerprint density at radius 2 is 1.24 bits per heavy atom. The summed E-state index contributed by atoms with van der Waals surface area (Å²) in [5.41, 5.74) is 8.36. The maximum Gasteiger partial charge on any atom is 0.245 e.